The van der Waals surface area contributed by atoms with Gasteiger partial charge in [0.05, 0.1) is 0 Å². The molecule has 1 saturated carbocycles. The Morgan fingerprint density at radius 1 is 1.04 bits per heavy atom. The highest BCUT2D eigenvalue weighted by molar-refractivity contribution is 6.30. The van der Waals surface area contributed by atoms with Gasteiger partial charge in [-0.25, -0.2) is 4.39 Å². The van der Waals surface area contributed by atoms with Gasteiger partial charge in [-0.2, -0.15) is 0 Å². The highest BCUT2D eigenvalue weighted by Gasteiger charge is 2.37. The van der Waals surface area contributed by atoms with Gasteiger partial charge in [0.15, 0.2) is 0 Å². The number of nitrogens with one attached hydrogen (secondary N) is 1. The average molecular weight is 386 g/mol. The van der Waals surface area contributed by atoms with Gasteiger partial charge >= 0.3 is 0 Å². The summed E-state index contributed by atoms with van der Waals surface area (Å²) in [6.07, 6.45) is 8.01. The highest BCUT2D eigenvalue weighted by atomic mass is 35.5. The first-order valence-corrected chi connectivity index (χ1v) is 10.3. The predicted octanol–water partition coefficient (Wildman–Crippen LogP) is 5.77. The second kappa shape index (κ2) is 8.02. The maximum Gasteiger partial charge on any atom is 0.223 e. The van der Waals surface area contributed by atoms with Crippen LogP contribution in [-0.2, 0) is 11.2 Å². The number of benzene rings is 2. The second-order valence-corrected chi connectivity index (χ2v) is 8.41. The first-order chi connectivity index (χ1) is 13.1. The monoisotopic (exact) mass is 385 g/mol. The van der Waals surface area contributed by atoms with E-state index in [1.54, 1.807) is 12.1 Å². The number of hydrogen-bond acceptors (Lipinski definition) is 1. The molecule has 2 aliphatic rings. The molecule has 1 N–H and O–H groups in total. The van der Waals surface area contributed by atoms with Crippen molar-refractivity contribution in [1.29, 1.82) is 0 Å². The second-order valence-electron chi connectivity index (χ2n) is 7.97. The SMILES string of the molecule is O=C1N[C@H](Cc2ccc(-c3cc(Cl)ccc3F)cc2)CC1C1CCCCC1. The molecular formula is C23H25ClFNO. The number of rotatable bonds is 4. The fourth-order valence-corrected chi connectivity index (χ4v) is 4.85. The van der Waals surface area contributed by atoms with Gasteiger partial charge in [-0.1, -0.05) is 55.1 Å². The van der Waals surface area contributed by atoms with E-state index in [2.05, 4.69) is 5.32 Å². The van der Waals surface area contributed by atoms with Crippen molar-refractivity contribution >= 4 is 17.5 Å². The number of carbonyl (C=O) groups excluding carboxylic acids is 1. The Labute approximate surface area is 165 Å². The molecule has 0 bridgehead atoms. The van der Waals surface area contributed by atoms with Gasteiger partial charge in [-0.05, 0) is 60.9 Å². The minimum atomic E-state index is -0.273. The summed E-state index contributed by atoms with van der Waals surface area (Å²) in [6.45, 7) is 0. The Balaban J connectivity index is 1.41. The Bertz CT molecular complexity index is 814. The molecule has 0 aromatic heterocycles. The first kappa shape index (κ1) is 18.5. The van der Waals surface area contributed by atoms with E-state index in [9.17, 15) is 9.18 Å². The minimum Gasteiger partial charge on any atom is -0.353 e. The predicted molar refractivity (Wildman–Crippen MR) is 107 cm³/mol. The van der Waals surface area contributed by atoms with E-state index in [4.69, 9.17) is 11.6 Å². The Kier molecular flexibility index (Phi) is 5.49. The number of halogens is 2. The molecule has 142 valence electrons. The van der Waals surface area contributed by atoms with Gasteiger partial charge in [-0.15, -0.1) is 0 Å². The molecule has 2 fully saturated rings. The van der Waals surface area contributed by atoms with Crippen molar-refractivity contribution in [1.82, 2.24) is 5.32 Å². The maximum absolute atomic E-state index is 14.0. The molecule has 1 saturated heterocycles. The molecule has 27 heavy (non-hydrogen) atoms. The van der Waals surface area contributed by atoms with Crippen LogP contribution in [0.15, 0.2) is 42.5 Å². The summed E-state index contributed by atoms with van der Waals surface area (Å²) in [6, 6.07) is 12.7. The summed E-state index contributed by atoms with van der Waals surface area (Å²) in [7, 11) is 0. The van der Waals surface area contributed by atoms with Crippen LogP contribution in [0.25, 0.3) is 11.1 Å². The third-order valence-corrected chi connectivity index (χ3v) is 6.35. The normalized spacial score (nSPS) is 23.4. The van der Waals surface area contributed by atoms with E-state index in [1.165, 1.54) is 38.2 Å². The van der Waals surface area contributed by atoms with Crippen LogP contribution >= 0.6 is 11.6 Å². The summed E-state index contributed by atoms with van der Waals surface area (Å²) in [5.41, 5.74) is 2.49. The van der Waals surface area contributed by atoms with Gasteiger partial charge in [0.25, 0.3) is 0 Å². The molecule has 1 unspecified atom stereocenters. The lowest BCUT2D eigenvalue weighted by molar-refractivity contribution is -0.124. The zero-order valence-electron chi connectivity index (χ0n) is 15.4. The molecule has 0 radical (unpaired) electrons. The molecule has 1 amide bonds. The third kappa shape index (κ3) is 4.19. The summed E-state index contributed by atoms with van der Waals surface area (Å²) in [5, 5.41) is 3.72. The van der Waals surface area contributed by atoms with E-state index in [1.807, 2.05) is 24.3 Å². The number of hydrogen-bond donors (Lipinski definition) is 1. The minimum absolute atomic E-state index is 0.190. The maximum atomic E-state index is 14.0. The van der Waals surface area contributed by atoms with Crippen molar-refractivity contribution in [3.05, 3.63) is 58.9 Å². The van der Waals surface area contributed by atoms with E-state index < -0.39 is 0 Å². The molecule has 2 aromatic carbocycles. The molecule has 2 aromatic rings. The molecule has 1 aliphatic carbocycles. The van der Waals surface area contributed by atoms with Crippen molar-refractivity contribution in [3.63, 3.8) is 0 Å². The lowest BCUT2D eigenvalue weighted by Crippen LogP contribution is -2.29. The molecule has 4 rings (SSSR count). The smallest absolute Gasteiger partial charge is 0.223 e. The van der Waals surface area contributed by atoms with E-state index in [0.717, 1.165) is 24.0 Å². The van der Waals surface area contributed by atoms with Gasteiger partial charge < -0.3 is 5.32 Å². The lowest BCUT2D eigenvalue weighted by Gasteiger charge is -2.25. The van der Waals surface area contributed by atoms with Crippen LogP contribution in [0.4, 0.5) is 4.39 Å². The Morgan fingerprint density at radius 3 is 2.52 bits per heavy atom. The fraction of sp³-hybridized carbons (Fsp3) is 0.435. The van der Waals surface area contributed by atoms with Crippen LogP contribution < -0.4 is 5.32 Å². The van der Waals surface area contributed by atoms with Gasteiger partial charge in [-0.3, -0.25) is 4.79 Å². The van der Waals surface area contributed by atoms with E-state index in [0.29, 0.717) is 16.5 Å². The summed E-state index contributed by atoms with van der Waals surface area (Å²) < 4.78 is 14.0. The van der Waals surface area contributed by atoms with Crippen LogP contribution in [-0.4, -0.2) is 11.9 Å². The van der Waals surface area contributed by atoms with Crippen LogP contribution in [0.1, 0.15) is 44.1 Å². The van der Waals surface area contributed by atoms with E-state index >= 15 is 0 Å². The fourth-order valence-electron chi connectivity index (χ4n) is 4.68. The topological polar surface area (TPSA) is 29.1 Å². The van der Waals surface area contributed by atoms with Crippen molar-refractivity contribution in [2.45, 2.75) is 51.0 Å². The quantitative estimate of drug-likeness (QED) is 0.710. The number of amides is 1. The first-order valence-electron chi connectivity index (χ1n) is 9.95. The van der Waals surface area contributed by atoms with Gasteiger partial charge in [0.2, 0.25) is 5.91 Å². The van der Waals surface area contributed by atoms with Crippen LogP contribution in [0.5, 0.6) is 0 Å². The summed E-state index contributed by atoms with van der Waals surface area (Å²) in [5.74, 6) is 0.724. The van der Waals surface area contributed by atoms with Crippen molar-refractivity contribution in [3.8, 4) is 11.1 Å². The number of carbonyl (C=O) groups is 1. The molecule has 1 aliphatic heterocycles. The Hall–Kier alpha value is -1.87. The van der Waals surface area contributed by atoms with Gasteiger partial charge in [0, 0.05) is 22.5 Å². The molecule has 1 heterocycles. The summed E-state index contributed by atoms with van der Waals surface area (Å²) >= 11 is 6.00. The van der Waals surface area contributed by atoms with Crippen LogP contribution in [0, 0.1) is 17.7 Å². The Morgan fingerprint density at radius 2 is 1.78 bits per heavy atom. The summed E-state index contributed by atoms with van der Waals surface area (Å²) in [4.78, 5) is 12.4. The lowest BCUT2D eigenvalue weighted by atomic mass is 9.78. The molecule has 2 nitrogen and oxygen atoms in total. The largest absolute Gasteiger partial charge is 0.353 e. The molecule has 0 spiro atoms. The van der Waals surface area contributed by atoms with E-state index in [-0.39, 0.29) is 23.7 Å². The van der Waals surface area contributed by atoms with Crippen LogP contribution in [0.3, 0.4) is 0 Å². The van der Waals surface area contributed by atoms with Crippen LogP contribution in [0.2, 0.25) is 5.02 Å². The molecular weight excluding hydrogens is 361 g/mol. The standard InChI is InChI=1S/C23H25ClFNO/c24-18-10-11-22(25)20(13-18)17-8-6-15(7-9-17)12-19-14-21(23(27)26-19)16-4-2-1-3-5-16/h6-11,13,16,19,21H,1-5,12,14H2,(H,26,27)/t19-,21?/m1/s1. The van der Waals surface area contributed by atoms with Crippen molar-refractivity contribution in [2.75, 3.05) is 0 Å². The highest BCUT2D eigenvalue weighted by Crippen LogP contribution is 2.35. The molecule has 2 atom stereocenters. The zero-order valence-corrected chi connectivity index (χ0v) is 16.1. The third-order valence-electron chi connectivity index (χ3n) is 6.12. The average Bonchev–Trinajstić information content (AvgIpc) is 3.05. The van der Waals surface area contributed by atoms with Gasteiger partial charge in [0.1, 0.15) is 5.82 Å². The zero-order chi connectivity index (χ0) is 18.8. The molecule has 4 heteroatoms. The van der Waals surface area contributed by atoms with Crippen molar-refractivity contribution < 1.29 is 9.18 Å². The van der Waals surface area contributed by atoms with Crippen molar-refractivity contribution in [2.24, 2.45) is 11.8 Å².